The van der Waals surface area contributed by atoms with E-state index in [4.69, 9.17) is 11.6 Å². The van der Waals surface area contributed by atoms with E-state index in [9.17, 15) is 0 Å². The van der Waals surface area contributed by atoms with Crippen molar-refractivity contribution in [1.29, 1.82) is 0 Å². The van der Waals surface area contributed by atoms with E-state index < -0.39 is 0 Å². The van der Waals surface area contributed by atoms with E-state index in [0.717, 1.165) is 17.2 Å². The van der Waals surface area contributed by atoms with Gasteiger partial charge in [0.15, 0.2) is 11.0 Å². The maximum atomic E-state index is 5.67. The second kappa shape index (κ2) is 3.42. The molecular weight excluding hydrogens is 198 g/mol. The average molecular weight is 208 g/mol. The summed E-state index contributed by atoms with van der Waals surface area (Å²) in [6.45, 7) is 4.06. The van der Waals surface area contributed by atoms with Gasteiger partial charge in [-0.3, -0.25) is 0 Å². The molecule has 0 amide bonds. The Morgan fingerprint density at radius 1 is 1.00 bits per heavy atom. The zero-order valence-electron chi connectivity index (χ0n) is 8.03. The molecule has 0 aliphatic heterocycles. The molecule has 0 aliphatic rings. The minimum absolute atomic E-state index is 0.413. The summed E-state index contributed by atoms with van der Waals surface area (Å²) in [5.41, 5.74) is 2.28. The number of halogens is 1. The SMILES string of the molecule is Cc1ccc(C)n1-c1ccc(Cl)nn1. The van der Waals surface area contributed by atoms with Gasteiger partial charge in [-0.1, -0.05) is 11.6 Å². The fourth-order valence-electron chi connectivity index (χ4n) is 1.46. The molecule has 2 aromatic rings. The van der Waals surface area contributed by atoms with Gasteiger partial charge < -0.3 is 4.57 Å². The van der Waals surface area contributed by atoms with Crippen LogP contribution in [0.5, 0.6) is 0 Å². The van der Waals surface area contributed by atoms with Crippen LogP contribution >= 0.6 is 11.6 Å². The van der Waals surface area contributed by atoms with Gasteiger partial charge in [-0.15, -0.1) is 10.2 Å². The van der Waals surface area contributed by atoms with Crippen LogP contribution in [0.25, 0.3) is 5.82 Å². The van der Waals surface area contributed by atoms with Crippen molar-refractivity contribution in [3.63, 3.8) is 0 Å². The Morgan fingerprint density at radius 2 is 1.64 bits per heavy atom. The molecule has 0 aromatic carbocycles. The van der Waals surface area contributed by atoms with Crippen LogP contribution in [0.2, 0.25) is 5.15 Å². The van der Waals surface area contributed by atoms with E-state index in [1.807, 2.05) is 36.6 Å². The van der Waals surface area contributed by atoms with Crippen LogP contribution in [-0.2, 0) is 0 Å². The van der Waals surface area contributed by atoms with E-state index in [1.165, 1.54) is 0 Å². The largest absolute Gasteiger partial charge is 0.302 e. The lowest BCUT2D eigenvalue weighted by Gasteiger charge is -2.06. The Balaban J connectivity index is 2.54. The van der Waals surface area contributed by atoms with E-state index >= 15 is 0 Å². The Bertz CT molecular complexity index is 425. The smallest absolute Gasteiger partial charge is 0.159 e. The van der Waals surface area contributed by atoms with Crippen molar-refractivity contribution < 1.29 is 0 Å². The lowest BCUT2D eigenvalue weighted by atomic mass is 10.4. The van der Waals surface area contributed by atoms with Crippen molar-refractivity contribution in [3.05, 3.63) is 40.8 Å². The third-order valence-corrected chi connectivity index (χ3v) is 2.32. The summed E-state index contributed by atoms with van der Waals surface area (Å²) in [4.78, 5) is 0. The van der Waals surface area contributed by atoms with Gasteiger partial charge in [-0.25, -0.2) is 0 Å². The highest BCUT2D eigenvalue weighted by molar-refractivity contribution is 6.29. The van der Waals surface area contributed by atoms with Crippen molar-refractivity contribution in [2.24, 2.45) is 0 Å². The molecule has 14 heavy (non-hydrogen) atoms. The monoisotopic (exact) mass is 207 g/mol. The van der Waals surface area contributed by atoms with Gasteiger partial charge in [-0.2, -0.15) is 0 Å². The first kappa shape index (κ1) is 9.21. The van der Waals surface area contributed by atoms with Crippen molar-refractivity contribution in [2.75, 3.05) is 0 Å². The lowest BCUT2D eigenvalue weighted by Crippen LogP contribution is -2.02. The summed E-state index contributed by atoms with van der Waals surface area (Å²) in [6.07, 6.45) is 0. The first-order valence-corrected chi connectivity index (χ1v) is 4.71. The van der Waals surface area contributed by atoms with E-state index in [1.54, 1.807) is 6.07 Å². The normalized spacial score (nSPS) is 10.5. The third kappa shape index (κ3) is 1.51. The fraction of sp³-hybridized carbons (Fsp3) is 0.200. The zero-order valence-corrected chi connectivity index (χ0v) is 8.78. The predicted molar refractivity (Wildman–Crippen MR) is 55.8 cm³/mol. The van der Waals surface area contributed by atoms with Gasteiger partial charge in [0, 0.05) is 11.4 Å². The second-order valence-corrected chi connectivity index (χ2v) is 3.55. The van der Waals surface area contributed by atoms with Gasteiger partial charge >= 0.3 is 0 Å². The number of hydrogen-bond acceptors (Lipinski definition) is 2. The van der Waals surface area contributed by atoms with Crippen LogP contribution in [-0.4, -0.2) is 14.8 Å². The van der Waals surface area contributed by atoms with Gasteiger partial charge in [0.2, 0.25) is 0 Å². The third-order valence-electron chi connectivity index (χ3n) is 2.12. The molecule has 3 nitrogen and oxygen atoms in total. The maximum Gasteiger partial charge on any atom is 0.159 e. The molecule has 0 radical (unpaired) electrons. The number of aromatic nitrogens is 3. The summed E-state index contributed by atoms with van der Waals surface area (Å²) >= 11 is 5.67. The fourth-order valence-corrected chi connectivity index (χ4v) is 1.56. The topological polar surface area (TPSA) is 30.7 Å². The lowest BCUT2D eigenvalue weighted by molar-refractivity contribution is 0.871. The predicted octanol–water partition coefficient (Wildman–Crippen LogP) is 2.54. The highest BCUT2D eigenvalue weighted by Gasteiger charge is 2.04. The molecule has 0 unspecified atom stereocenters. The summed E-state index contributed by atoms with van der Waals surface area (Å²) < 4.78 is 2.03. The minimum Gasteiger partial charge on any atom is -0.302 e. The summed E-state index contributed by atoms with van der Waals surface area (Å²) in [5, 5.41) is 8.25. The summed E-state index contributed by atoms with van der Waals surface area (Å²) in [6, 6.07) is 7.69. The Labute approximate surface area is 87.3 Å². The average Bonchev–Trinajstić information content (AvgIpc) is 2.49. The van der Waals surface area contributed by atoms with Crippen LogP contribution in [0.3, 0.4) is 0 Å². The van der Waals surface area contributed by atoms with Crippen molar-refractivity contribution in [1.82, 2.24) is 14.8 Å². The van der Waals surface area contributed by atoms with Crippen LogP contribution < -0.4 is 0 Å². The highest BCUT2D eigenvalue weighted by Crippen LogP contribution is 2.14. The first-order chi connectivity index (χ1) is 6.68. The zero-order chi connectivity index (χ0) is 10.1. The quantitative estimate of drug-likeness (QED) is 0.720. The van der Waals surface area contributed by atoms with Gasteiger partial charge in [0.05, 0.1) is 0 Å². The van der Waals surface area contributed by atoms with Gasteiger partial charge in [0.1, 0.15) is 0 Å². The Kier molecular flexibility index (Phi) is 2.25. The van der Waals surface area contributed by atoms with Crippen molar-refractivity contribution >= 4 is 11.6 Å². The van der Waals surface area contributed by atoms with E-state index in [2.05, 4.69) is 10.2 Å². The molecule has 0 N–H and O–H groups in total. The highest BCUT2D eigenvalue weighted by atomic mass is 35.5. The van der Waals surface area contributed by atoms with Crippen LogP contribution in [0, 0.1) is 13.8 Å². The molecule has 0 fully saturated rings. The Morgan fingerprint density at radius 3 is 2.14 bits per heavy atom. The molecule has 0 bridgehead atoms. The van der Waals surface area contributed by atoms with E-state index in [0.29, 0.717) is 5.15 Å². The van der Waals surface area contributed by atoms with Crippen LogP contribution in [0.1, 0.15) is 11.4 Å². The molecule has 72 valence electrons. The molecule has 0 saturated carbocycles. The summed E-state index contributed by atoms with van der Waals surface area (Å²) in [5.74, 6) is 0.800. The van der Waals surface area contributed by atoms with Crippen molar-refractivity contribution in [3.8, 4) is 5.82 Å². The number of hydrogen-bond donors (Lipinski definition) is 0. The number of aryl methyl sites for hydroxylation is 2. The molecule has 2 heterocycles. The molecule has 2 rings (SSSR count). The van der Waals surface area contributed by atoms with E-state index in [-0.39, 0.29) is 0 Å². The second-order valence-electron chi connectivity index (χ2n) is 3.17. The standard InChI is InChI=1S/C10H10ClN3/c1-7-3-4-8(2)14(7)10-6-5-9(11)12-13-10/h3-6H,1-2H3. The summed E-state index contributed by atoms with van der Waals surface area (Å²) in [7, 11) is 0. The maximum absolute atomic E-state index is 5.67. The van der Waals surface area contributed by atoms with Gasteiger partial charge in [0.25, 0.3) is 0 Å². The molecular formula is C10H10ClN3. The Hall–Kier alpha value is -1.35. The molecule has 4 heteroatoms. The molecule has 0 aliphatic carbocycles. The van der Waals surface area contributed by atoms with Crippen LogP contribution in [0.4, 0.5) is 0 Å². The molecule has 0 spiro atoms. The number of nitrogens with zero attached hydrogens (tertiary/aromatic N) is 3. The van der Waals surface area contributed by atoms with Gasteiger partial charge in [-0.05, 0) is 38.1 Å². The van der Waals surface area contributed by atoms with Crippen molar-refractivity contribution in [2.45, 2.75) is 13.8 Å². The number of rotatable bonds is 1. The molecule has 0 atom stereocenters. The van der Waals surface area contributed by atoms with Crippen LogP contribution in [0.15, 0.2) is 24.3 Å². The molecule has 0 saturated heterocycles. The minimum atomic E-state index is 0.413. The first-order valence-electron chi connectivity index (χ1n) is 4.33. The molecule has 2 aromatic heterocycles.